The van der Waals surface area contributed by atoms with E-state index in [1.807, 2.05) is 6.07 Å². The summed E-state index contributed by atoms with van der Waals surface area (Å²) in [6, 6.07) is 6.21. The van der Waals surface area contributed by atoms with Crippen LogP contribution in [0.4, 0.5) is 0 Å². The molecule has 0 fully saturated rings. The van der Waals surface area contributed by atoms with Crippen LogP contribution in [0.5, 0.6) is 0 Å². The molecule has 1 aromatic carbocycles. The molecule has 20 heavy (non-hydrogen) atoms. The van der Waals surface area contributed by atoms with Gasteiger partial charge in [-0.05, 0) is 63.0 Å². The molecule has 1 aromatic heterocycles. The van der Waals surface area contributed by atoms with Gasteiger partial charge in [0.05, 0.1) is 0 Å². The Morgan fingerprint density at radius 3 is 2.70 bits per heavy atom. The molecule has 2 rings (SSSR count). The van der Waals surface area contributed by atoms with E-state index in [1.165, 1.54) is 11.1 Å². The van der Waals surface area contributed by atoms with Gasteiger partial charge in [0.25, 0.3) is 0 Å². The minimum absolute atomic E-state index is 0.615. The van der Waals surface area contributed by atoms with Gasteiger partial charge in [0.2, 0.25) is 11.8 Å². The van der Waals surface area contributed by atoms with Gasteiger partial charge in [0.15, 0.2) is 0 Å². The first kappa shape index (κ1) is 14.7. The van der Waals surface area contributed by atoms with Crippen molar-refractivity contribution in [2.45, 2.75) is 40.0 Å². The van der Waals surface area contributed by atoms with Gasteiger partial charge in [0, 0.05) is 12.0 Å². The summed E-state index contributed by atoms with van der Waals surface area (Å²) < 4.78 is 5.72. The minimum Gasteiger partial charge on any atom is -0.421 e. The van der Waals surface area contributed by atoms with Crippen LogP contribution in [0, 0.1) is 13.8 Å². The molecule has 0 spiro atoms. The van der Waals surface area contributed by atoms with Crippen molar-refractivity contribution in [3.63, 3.8) is 0 Å². The quantitative estimate of drug-likeness (QED) is 0.786. The molecule has 0 aliphatic heterocycles. The molecule has 0 unspecified atom stereocenters. The van der Waals surface area contributed by atoms with E-state index in [9.17, 15) is 0 Å². The number of rotatable bonds is 7. The molecular formula is C16H23N3O. The fraction of sp³-hybridized carbons (Fsp3) is 0.500. The topological polar surface area (TPSA) is 51.0 Å². The Labute approximate surface area is 120 Å². The molecule has 0 aliphatic carbocycles. The zero-order valence-corrected chi connectivity index (χ0v) is 12.6. The zero-order chi connectivity index (χ0) is 14.4. The molecule has 0 saturated heterocycles. The Morgan fingerprint density at radius 2 is 1.95 bits per heavy atom. The molecule has 4 heteroatoms. The molecule has 1 N–H and O–H groups in total. The summed E-state index contributed by atoms with van der Waals surface area (Å²) in [6.07, 6.45) is 3.01. The Bertz CT molecular complexity index is 548. The summed E-state index contributed by atoms with van der Waals surface area (Å²) in [5.74, 6) is 1.33. The van der Waals surface area contributed by atoms with E-state index in [2.05, 4.69) is 48.4 Å². The van der Waals surface area contributed by atoms with Crippen molar-refractivity contribution in [1.29, 1.82) is 0 Å². The Kier molecular flexibility index (Phi) is 5.30. The highest BCUT2D eigenvalue weighted by Crippen LogP contribution is 2.21. The predicted octanol–water partition coefficient (Wildman–Crippen LogP) is 3.29. The van der Waals surface area contributed by atoms with Gasteiger partial charge in [-0.2, -0.15) is 0 Å². The summed E-state index contributed by atoms with van der Waals surface area (Å²) in [7, 11) is 0. The van der Waals surface area contributed by atoms with E-state index < -0.39 is 0 Å². The van der Waals surface area contributed by atoms with Crippen LogP contribution in [-0.4, -0.2) is 23.3 Å². The second-order valence-corrected chi connectivity index (χ2v) is 5.15. The SMILES string of the molecule is CCCNCCCc1nnc(-c2ccc(C)c(C)c2)o1. The van der Waals surface area contributed by atoms with Crippen LogP contribution in [-0.2, 0) is 6.42 Å². The molecule has 0 saturated carbocycles. The number of nitrogens with zero attached hydrogens (tertiary/aromatic N) is 2. The first-order valence-corrected chi connectivity index (χ1v) is 7.31. The fourth-order valence-electron chi connectivity index (χ4n) is 2.01. The van der Waals surface area contributed by atoms with Crippen LogP contribution in [0.15, 0.2) is 22.6 Å². The van der Waals surface area contributed by atoms with E-state index in [-0.39, 0.29) is 0 Å². The van der Waals surface area contributed by atoms with E-state index in [0.29, 0.717) is 5.89 Å². The molecule has 0 bridgehead atoms. The van der Waals surface area contributed by atoms with Crippen molar-refractivity contribution in [1.82, 2.24) is 15.5 Å². The molecule has 4 nitrogen and oxygen atoms in total. The predicted molar refractivity (Wildman–Crippen MR) is 80.7 cm³/mol. The maximum atomic E-state index is 5.72. The lowest BCUT2D eigenvalue weighted by molar-refractivity contribution is 0.491. The number of hydrogen-bond donors (Lipinski definition) is 1. The molecular weight excluding hydrogens is 250 g/mol. The smallest absolute Gasteiger partial charge is 0.247 e. The third kappa shape index (κ3) is 3.90. The second kappa shape index (κ2) is 7.20. The van der Waals surface area contributed by atoms with Crippen LogP contribution in [0.2, 0.25) is 0 Å². The largest absolute Gasteiger partial charge is 0.421 e. The van der Waals surface area contributed by atoms with E-state index in [0.717, 1.165) is 43.8 Å². The fourth-order valence-corrected chi connectivity index (χ4v) is 2.01. The third-order valence-corrected chi connectivity index (χ3v) is 3.39. The Morgan fingerprint density at radius 1 is 1.10 bits per heavy atom. The molecule has 108 valence electrons. The second-order valence-electron chi connectivity index (χ2n) is 5.15. The van der Waals surface area contributed by atoms with Crippen LogP contribution >= 0.6 is 0 Å². The van der Waals surface area contributed by atoms with Crippen molar-refractivity contribution < 1.29 is 4.42 Å². The van der Waals surface area contributed by atoms with E-state index in [4.69, 9.17) is 4.42 Å². The van der Waals surface area contributed by atoms with Crippen molar-refractivity contribution in [2.24, 2.45) is 0 Å². The number of benzene rings is 1. The summed E-state index contributed by atoms with van der Waals surface area (Å²) >= 11 is 0. The number of aromatic nitrogens is 2. The summed E-state index contributed by atoms with van der Waals surface area (Å²) in [5.41, 5.74) is 3.51. The molecule has 0 atom stereocenters. The number of hydrogen-bond acceptors (Lipinski definition) is 4. The number of nitrogens with one attached hydrogen (secondary N) is 1. The molecule has 0 radical (unpaired) electrons. The third-order valence-electron chi connectivity index (χ3n) is 3.39. The van der Waals surface area contributed by atoms with E-state index >= 15 is 0 Å². The van der Waals surface area contributed by atoms with Crippen molar-refractivity contribution >= 4 is 0 Å². The highest BCUT2D eigenvalue weighted by atomic mass is 16.4. The average Bonchev–Trinajstić information content (AvgIpc) is 2.90. The maximum absolute atomic E-state index is 5.72. The van der Waals surface area contributed by atoms with Gasteiger partial charge in [-0.1, -0.05) is 13.0 Å². The standard InChI is InChI=1S/C16H23N3O/c1-4-9-17-10-5-6-15-18-19-16(20-15)14-8-7-12(2)13(3)11-14/h7-8,11,17H,4-6,9-10H2,1-3H3. The highest BCUT2D eigenvalue weighted by Gasteiger charge is 2.09. The maximum Gasteiger partial charge on any atom is 0.247 e. The normalized spacial score (nSPS) is 10.9. The van der Waals surface area contributed by atoms with Gasteiger partial charge in [-0.3, -0.25) is 0 Å². The first-order valence-electron chi connectivity index (χ1n) is 7.31. The monoisotopic (exact) mass is 273 g/mol. The lowest BCUT2D eigenvalue weighted by atomic mass is 10.1. The van der Waals surface area contributed by atoms with Crippen LogP contribution in [0.1, 0.15) is 36.8 Å². The average molecular weight is 273 g/mol. The van der Waals surface area contributed by atoms with Gasteiger partial charge < -0.3 is 9.73 Å². The molecule has 0 amide bonds. The van der Waals surface area contributed by atoms with Gasteiger partial charge in [-0.25, -0.2) is 0 Å². The van der Waals surface area contributed by atoms with Crippen molar-refractivity contribution in [3.8, 4) is 11.5 Å². The minimum atomic E-state index is 0.615. The zero-order valence-electron chi connectivity index (χ0n) is 12.6. The van der Waals surface area contributed by atoms with E-state index in [1.54, 1.807) is 0 Å². The highest BCUT2D eigenvalue weighted by molar-refractivity contribution is 5.55. The molecule has 1 heterocycles. The van der Waals surface area contributed by atoms with Crippen LogP contribution in [0.3, 0.4) is 0 Å². The first-order chi connectivity index (χ1) is 9.70. The van der Waals surface area contributed by atoms with Gasteiger partial charge in [-0.15, -0.1) is 10.2 Å². The summed E-state index contributed by atoms with van der Waals surface area (Å²) in [4.78, 5) is 0. The number of aryl methyl sites for hydroxylation is 3. The Balaban J connectivity index is 1.93. The van der Waals surface area contributed by atoms with Gasteiger partial charge in [0.1, 0.15) is 0 Å². The molecule has 2 aromatic rings. The van der Waals surface area contributed by atoms with Gasteiger partial charge >= 0.3 is 0 Å². The van der Waals surface area contributed by atoms with Crippen LogP contribution in [0.25, 0.3) is 11.5 Å². The molecule has 0 aliphatic rings. The summed E-state index contributed by atoms with van der Waals surface area (Å²) in [6.45, 7) is 8.42. The van der Waals surface area contributed by atoms with Crippen molar-refractivity contribution in [3.05, 3.63) is 35.2 Å². The lowest BCUT2D eigenvalue weighted by Gasteiger charge is -2.01. The Hall–Kier alpha value is -1.68. The van der Waals surface area contributed by atoms with Crippen LogP contribution < -0.4 is 5.32 Å². The van der Waals surface area contributed by atoms with Crippen molar-refractivity contribution in [2.75, 3.05) is 13.1 Å². The lowest BCUT2D eigenvalue weighted by Crippen LogP contribution is -2.16. The summed E-state index contributed by atoms with van der Waals surface area (Å²) in [5, 5.41) is 11.6.